The molecule has 0 saturated carbocycles. The van der Waals surface area contributed by atoms with Crippen molar-refractivity contribution in [2.75, 3.05) is 39.6 Å². The third kappa shape index (κ3) is 70.3. The monoisotopic (exact) mass is 1400 g/mol. The van der Waals surface area contributed by atoms with Crippen molar-refractivity contribution in [1.82, 2.24) is 0 Å². The number of unbranched alkanes of at least 4 members (excludes halogenated alkanes) is 45. The fourth-order valence-electron chi connectivity index (χ4n) is 11.7. The van der Waals surface area contributed by atoms with E-state index in [-0.39, 0.29) is 25.7 Å². The van der Waals surface area contributed by atoms with Crippen molar-refractivity contribution in [1.29, 1.82) is 0 Å². The molecule has 17 nitrogen and oxygen atoms in total. The summed E-state index contributed by atoms with van der Waals surface area (Å²) in [6.45, 7) is 9.62. The van der Waals surface area contributed by atoms with Crippen molar-refractivity contribution in [2.45, 2.75) is 413 Å². The van der Waals surface area contributed by atoms with Crippen LogP contribution in [0.4, 0.5) is 0 Å². The zero-order chi connectivity index (χ0) is 70.0. The van der Waals surface area contributed by atoms with E-state index in [1.165, 1.54) is 212 Å². The highest BCUT2D eigenvalue weighted by Gasteiger charge is 2.30. The third-order valence-electron chi connectivity index (χ3n) is 17.7. The van der Waals surface area contributed by atoms with Crippen molar-refractivity contribution < 1.29 is 80.2 Å². The van der Waals surface area contributed by atoms with Gasteiger partial charge in [-0.2, -0.15) is 0 Å². The van der Waals surface area contributed by atoms with E-state index in [1.54, 1.807) is 0 Å². The second-order valence-corrected chi connectivity index (χ2v) is 31.3. The van der Waals surface area contributed by atoms with E-state index in [9.17, 15) is 43.2 Å². The lowest BCUT2D eigenvalue weighted by molar-refractivity contribution is -0.161. The van der Waals surface area contributed by atoms with Crippen LogP contribution in [-0.2, 0) is 65.4 Å². The fraction of sp³-hybridized carbons (Fsp3) is 0.947. The van der Waals surface area contributed by atoms with Crippen molar-refractivity contribution in [3.8, 4) is 0 Å². The summed E-state index contributed by atoms with van der Waals surface area (Å²) >= 11 is 0. The topological polar surface area (TPSA) is 237 Å². The molecule has 0 aliphatic carbocycles. The maximum Gasteiger partial charge on any atom is 0.472 e. The maximum atomic E-state index is 13.1. The highest BCUT2D eigenvalue weighted by atomic mass is 31.2. The van der Waals surface area contributed by atoms with Gasteiger partial charge in [-0.1, -0.05) is 343 Å². The van der Waals surface area contributed by atoms with Gasteiger partial charge in [-0.15, -0.1) is 0 Å². The normalized spacial score (nSPS) is 14.0. The summed E-state index contributed by atoms with van der Waals surface area (Å²) in [5, 5.41) is 10.6. The lowest BCUT2D eigenvalue weighted by Gasteiger charge is -2.21. The molecule has 564 valence electrons. The number of esters is 4. The standard InChI is InChI=1S/C76H148O17P2/c1-7-9-11-13-15-17-19-20-23-29-36-42-48-54-60-75(80)92-71(64-86-73(78)58-52-46-40-34-26-18-16-14-12-10-8-2)66-90-94(82,83)88-62-70(77)63-89-95(84,85)91-67-72(65-87-74(79)59-53-47-41-35-31-25-28-33-39-45-51-57-69(5)6)93-76(81)61-55-49-43-37-30-24-21-22-27-32-38-44-50-56-68(3)4/h68-72,77H,7-67H2,1-6H3,(H,82,83)(H,84,85)/t70-,71+,72+/m0/s1. The molecule has 0 radical (unpaired) electrons. The lowest BCUT2D eigenvalue weighted by Crippen LogP contribution is -2.30. The molecule has 0 rings (SSSR count). The van der Waals surface area contributed by atoms with Crippen LogP contribution in [0.2, 0.25) is 0 Å². The van der Waals surface area contributed by atoms with Gasteiger partial charge in [0, 0.05) is 25.7 Å². The maximum absolute atomic E-state index is 13.1. The number of rotatable bonds is 75. The van der Waals surface area contributed by atoms with E-state index in [4.69, 9.17) is 37.0 Å². The average molecular weight is 1400 g/mol. The number of aliphatic hydroxyl groups is 1. The fourth-order valence-corrected chi connectivity index (χ4v) is 13.2. The molecule has 0 aromatic carbocycles. The van der Waals surface area contributed by atoms with Crippen LogP contribution in [0.1, 0.15) is 395 Å². The molecule has 3 N–H and O–H groups in total. The molecule has 2 unspecified atom stereocenters. The summed E-state index contributed by atoms with van der Waals surface area (Å²) in [6.07, 6.45) is 55.3. The van der Waals surface area contributed by atoms with E-state index in [2.05, 4.69) is 41.5 Å². The van der Waals surface area contributed by atoms with Gasteiger partial charge in [0.1, 0.15) is 19.3 Å². The largest absolute Gasteiger partial charge is 0.472 e. The summed E-state index contributed by atoms with van der Waals surface area (Å²) in [6, 6.07) is 0. The number of hydrogen-bond acceptors (Lipinski definition) is 15. The lowest BCUT2D eigenvalue weighted by atomic mass is 10.0. The van der Waals surface area contributed by atoms with Gasteiger partial charge in [-0.25, -0.2) is 9.13 Å². The molecule has 0 heterocycles. The van der Waals surface area contributed by atoms with Crippen molar-refractivity contribution in [3.63, 3.8) is 0 Å². The summed E-state index contributed by atoms with van der Waals surface area (Å²) in [5.74, 6) is -0.555. The first kappa shape index (κ1) is 93.1. The minimum Gasteiger partial charge on any atom is -0.462 e. The van der Waals surface area contributed by atoms with Crippen molar-refractivity contribution in [2.24, 2.45) is 11.8 Å². The number of carbonyl (C=O) groups is 4. The predicted molar refractivity (Wildman–Crippen MR) is 386 cm³/mol. The van der Waals surface area contributed by atoms with Crippen LogP contribution in [0.3, 0.4) is 0 Å². The average Bonchev–Trinajstić information content (AvgIpc) is 2.48. The van der Waals surface area contributed by atoms with E-state index >= 15 is 0 Å². The molecule has 0 aliphatic heterocycles. The van der Waals surface area contributed by atoms with E-state index in [1.807, 2.05) is 0 Å². The Morgan fingerprint density at radius 3 is 0.716 bits per heavy atom. The molecule has 0 aromatic heterocycles. The molecule has 0 amide bonds. The molecule has 0 fully saturated rings. The van der Waals surface area contributed by atoms with E-state index in [0.29, 0.717) is 25.7 Å². The molecule has 0 saturated heterocycles. The number of phosphoric ester groups is 2. The third-order valence-corrected chi connectivity index (χ3v) is 19.6. The first-order valence-electron chi connectivity index (χ1n) is 39.5. The zero-order valence-electron chi connectivity index (χ0n) is 62.0. The predicted octanol–water partition coefficient (Wildman–Crippen LogP) is 22.3. The molecule has 19 heteroatoms. The summed E-state index contributed by atoms with van der Waals surface area (Å²) < 4.78 is 68.6. The summed E-state index contributed by atoms with van der Waals surface area (Å²) in [7, 11) is -9.91. The van der Waals surface area contributed by atoms with Crippen LogP contribution in [0.5, 0.6) is 0 Å². The molecule has 0 aromatic rings. The molecule has 95 heavy (non-hydrogen) atoms. The number of hydrogen-bond donors (Lipinski definition) is 3. The summed E-state index contributed by atoms with van der Waals surface area (Å²) in [5.41, 5.74) is 0. The van der Waals surface area contributed by atoms with E-state index < -0.39 is 97.5 Å². The summed E-state index contributed by atoms with van der Waals surface area (Å²) in [4.78, 5) is 72.8. The Labute approximate surface area is 581 Å². The van der Waals surface area contributed by atoms with Gasteiger partial charge in [0.05, 0.1) is 26.4 Å². The van der Waals surface area contributed by atoms with Crippen LogP contribution in [0, 0.1) is 11.8 Å². The van der Waals surface area contributed by atoms with Crippen LogP contribution in [-0.4, -0.2) is 96.7 Å². The van der Waals surface area contributed by atoms with Crippen LogP contribution in [0.25, 0.3) is 0 Å². The van der Waals surface area contributed by atoms with E-state index in [0.717, 1.165) is 102 Å². The Morgan fingerprint density at radius 1 is 0.284 bits per heavy atom. The Kier molecular flexibility index (Phi) is 66.5. The number of phosphoric acid groups is 2. The molecular weight excluding hydrogens is 1250 g/mol. The first-order chi connectivity index (χ1) is 45.9. The van der Waals surface area contributed by atoms with Crippen LogP contribution in [0.15, 0.2) is 0 Å². The second-order valence-electron chi connectivity index (χ2n) is 28.3. The second kappa shape index (κ2) is 67.9. The highest BCUT2D eigenvalue weighted by Crippen LogP contribution is 2.45. The SMILES string of the molecule is CCCCCCCCCCCCCCCCC(=O)O[C@H](COC(=O)CCCCCCCCCCCCC)COP(=O)(O)OC[C@H](O)COP(=O)(O)OC[C@@H](COC(=O)CCCCCCCCCCCCCC(C)C)OC(=O)CCCCCCCCCCCCCCCC(C)C. The van der Waals surface area contributed by atoms with Gasteiger partial charge in [-0.05, 0) is 37.5 Å². The van der Waals surface area contributed by atoms with Crippen LogP contribution < -0.4 is 0 Å². The molecule has 0 spiro atoms. The quantitative estimate of drug-likeness (QED) is 0.0222. The molecular formula is C76H148O17P2. The van der Waals surface area contributed by atoms with Gasteiger partial charge < -0.3 is 33.8 Å². The van der Waals surface area contributed by atoms with Gasteiger partial charge in [0.15, 0.2) is 12.2 Å². The number of aliphatic hydroxyl groups excluding tert-OH is 1. The zero-order valence-corrected chi connectivity index (χ0v) is 63.8. The first-order valence-corrected chi connectivity index (χ1v) is 42.5. The van der Waals surface area contributed by atoms with Gasteiger partial charge in [0.25, 0.3) is 0 Å². The Balaban J connectivity index is 5.26. The Morgan fingerprint density at radius 2 is 0.484 bits per heavy atom. The Hall–Kier alpha value is -1.94. The minimum atomic E-state index is -4.96. The molecule has 5 atom stereocenters. The highest BCUT2D eigenvalue weighted by molar-refractivity contribution is 7.47. The van der Waals surface area contributed by atoms with Gasteiger partial charge in [-0.3, -0.25) is 37.3 Å². The molecule has 0 bridgehead atoms. The minimum absolute atomic E-state index is 0.107. The Bertz CT molecular complexity index is 1840. The van der Waals surface area contributed by atoms with Gasteiger partial charge in [0.2, 0.25) is 0 Å². The van der Waals surface area contributed by atoms with Gasteiger partial charge >= 0.3 is 39.5 Å². The van der Waals surface area contributed by atoms with Crippen molar-refractivity contribution in [3.05, 3.63) is 0 Å². The molecule has 0 aliphatic rings. The van der Waals surface area contributed by atoms with Crippen molar-refractivity contribution >= 4 is 39.5 Å². The smallest absolute Gasteiger partial charge is 0.462 e. The number of ether oxygens (including phenoxy) is 4. The van der Waals surface area contributed by atoms with Crippen LogP contribution >= 0.6 is 15.6 Å². The number of carbonyl (C=O) groups excluding carboxylic acids is 4.